The highest BCUT2D eigenvalue weighted by Crippen LogP contribution is 2.27. The number of amides is 1. The third kappa shape index (κ3) is 4.36. The average molecular weight is 340 g/mol. The minimum Gasteiger partial charge on any atom is -0.494 e. The Morgan fingerprint density at radius 1 is 1.46 bits per heavy atom. The number of hydrogen-bond acceptors (Lipinski definition) is 5. The number of nitrogens with zero attached hydrogens (tertiary/aromatic N) is 1. The highest BCUT2D eigenvalue weighted by atomic mass is 19.1. The lowest BCUT2D eigenvalue weighted by molar-refractivity contribution is -0.0382. The number of methoxy groups -OCH3 is 1. The summed E-state index contributed by atoms with van der Waals surface area (Å²) < 4.78 is 29.8. The molecule has 0 spiro atoms. The van der Waals surface area contributed by atoms with Crippen LogP contribution in [-0.2, 0) is 9.47 Å². The van der Waals surface area contributed by atoms with Crippen molar-refractivity contribution < 1.29 is 23.4 Å². The molecule has 7 heteroatoms. The van der Waals surface area contributed by atoms with E-state index in [2.05, 4.69) is 0 Å². The number of carbonyl (C=O) groups is 1. The Bertz CT molecular complexity index is 588. The summed E-state index contributed by atoms with van der Waals surface area (Å²) in [5.74, 6) is -0.346. The molecule has 1 amide bonds. The van der Waals surface area contributed by atoms with E-state index in [-0.39, 0.29) is 12.4 Å². The molecule has 24 heavy (non-hydrogen) atoms. The van der Waals surface area contributed by atoms with Crippen molar-refractivity contribution in [1.82, 2.24) is 4.90 Å². The summed E-state index contributed by atoms with van der Waals surface area (Å²) in [5.41, 5.74) is 6.25. The van der Waals surface area contributed by atoms with Gasteiger partial charge >= 0.3 is 6.09 Å². The maximum Gasteiger partial charge on any atom is 0.410 e. The predicted octanol–water partition coefficient (Wildman–Crippen LogP) is 2.47. The number of benzene rings is 1. The number of carbonyl (C=O) groups excluding carboxylic acids is 1. The topological polar surface area (TPSA) is 74.0 Å². The quantitative estimate of drug-likeness (QED) is 0.915. The van der Waals surface area contributed by atoms with Crippen LogP contribution in [0.15, 0.2) is 18.2 Å². The Balaban J connectivity index is 2.20. The van der Waals surface area contributed by atoms with Crippen LogP contribution in [0.4, 0.5) is 9.18 Å². The lowest BCUT2D eigenvalue weighted by atomic mass is 9.98. The van der Waals surface area contributed by atoms with Crippen LogP contribution in [-0.4, -0.2) is 49.5 Å². The number of morpholine rings is 1. The van der Waals surface area contributed by atoms with E-state index in [0.717, 1.165) is 0 Å². The number of hydrogen-bond donors (Lipinski definition) is 1. The summed E-state index contributed by atoms with van der Waals surface area (Å²) in [7, 11) is 1.40. The van der Waals surface area contributed by atoms with Crippen LogP contribution < -0.4 is 10.5 Å². The van der Waals surface area contributed by atoms with Crippen molar-refractivity contribution in [1.29, 1.82) is 0 Å². The van der Waals surface area contributed by atoms with Gasteiger partial charge in [0.05, 0.1) is 32.4 Å². The van der Waals surface area contributed by atoms with E-state index >= 15 is 0 Å². The molecule has 1 heterocycles. The van der Waals surface area contributed by atoms with Gasteiger partial charge in [0, 0.05) is 6.54 Å². The molecular formula is C17H25FN2O4. The minimum atomic E-state index is -0.601. The molecule has 2 N–H and O–H groups in total. The van der Waals surface area contributed by atoms with Gasteiger partial charge in [0.15, 0.2) is 11.6 Å². The maximum absolute atomic E-state index is 13.9. The number of ether oxygens (including phenoxy) is 3. The van der Waals surface area contributed by atoms with E-state index in [1.165, 1.54) is 19.2 Å². The Labute approximate surface area is 141 Å². The Morgan fingerprint density at radius 3 is 2.75 bits per heavy atom. The monoisotopic (exact) mass is 340 g/mol. The lowest BCUT2D eigenvalue weighted by Crippen LogP contribution is -2.54. The highest BCUT2D eigenvalue weighted by molar-refractivity contribution is 5.69. The molecule has 1 aromatic carbocycles. The van der Waals surface area contributed by atoms with Crippen LogP contribution >= 0.6 is 0 Å². The molecule has 2 rings (SSSR count). The zero-order valence-corrected chi connectivity index (χ0v) is 14.5. The second-order valence-corrected chi connectivity index (χ2v) is 6.74. The Hall–Kier alpha value is -1.86. The third-order valence-electron chi connectivity index (χ3n) is 3.77. The van der Waals surface area contributed by atoms with Crippen molar-refractivity contribution in [3.63, 3.8) is 0 Å². The standard InChI is InChI=1S/C17H25FN2O4/c1-17(2,3)24-16(21)20-7-8-23-10-13(20)15(19)11-5-6-14(22-4)12(18)9-11/h5-6,9,13,15H,7-8,10,19H2,1-4H3. The number of nitrogens with two attached hydrogens (primary N) is 1. The van der Waals surface area contributed by atoms with Crippen LogP contribution in [0.3, 0.4) is 0 Å². The first kappa shape index (κ1) is 18.5. The van der Waals surface area contributed by atoms with Gasteiger partial charge in [-0.3, -0.25) is 4.90 Å². The van der Waals surface area contributed by atoms with Gasteiger partial charge in [0.2, 0.25) is 0 Å². The van der Waals surface area contributed by atoms with Crippen molar-refractivity contribution >= 4 is 6.09 Å². The highest BCUT2D eigenvalue weighted by Gasteiger charge is 2.35. The van der Waals surface area contributed by atoms with E-state index in [4.69, 9.17) is 19.9 Å². The summed E-state index contributed by atoms with van der Waals surface area (Å²) in [6.45, 7) is 6.48. The molecule has 1 fully saturated rings. The molecule has 2 atom stereocenters. The third-order valence-corrected chi connectivity index (χ3v) is 3.77. The van der Waals surface area contributed by atoms with Gasteiger partial charge in [-0.2, -0.15) is 0 Å². The van der Waals surface area contributed by atoms with Gasteiger partial charge < -0.3 is 19.9 Å². The summed E-state index contributed by atoms with van der Waals surface area (Å²) in [5, 5.41) is 0. The second-order valence-electron chi connectivity index (χ2n) is 6.74. The first-order valence-electron chi connectivity index (χ1n) is 7.89. The van der Waals surface area contributed by atoms with Crippen LogP contribution in [0.25, 0.3) is 0 Å². The maximum atomic E-state index is 13.9. The molecule has 0 saturated carbocycles. The zero-order valence-electron chi connectivity index (χ0n) is 14.5. The van der Waals surface area contributed by atoms with E-state index in [9.17, 15) is 9.18 Å². The molecule has 0 bridgehead atoms. The fraction of sp³-hybridized carbons (Fsp3) is 0.588. The van der Waals surface area contributed by atoms with Crippen LogP contribution in [0.2, 0.25) is 0 Å². The number of halogens is 1. The molecule has 0 aromatic heterocycles. The van der Waals surface area contributed by atoms with E-state index in [0.29, 0.717) is 18.7 Å². The molecule has 1 aliphatic rings. The largest absolute Gasteiger partial charge is 0.494 e. The summed E-state index contributed by atoms with van der Waals surface area (Å²) in [6, 6.07) is 3.51. The summed E-state index contributed by atoms with van der Waals surface area (Å²) in [4.78, 5) is 14.0. The SMILES string of the molecule is COc1ccc(C(N)C2COCCN2C(=O)OC(C)(C)C)cc1F. The van der Waals surface area contributed by atoms with Gasteiger partial charge in [0.25, 0.3) is 0 Å². The molecule has 134 valence electrons. The molecule has 2 unspecified atom stereocenters. The zero-order chi connectivity index (χ0) is 17.9. The lowest BCUT2D eigenvalue weighted by Gasteiger charge is -2.39. The number of rotatable bonds is 3. The summed E-state index contributed by atoms with van der Waals surface area (Å²) in [6.07, 6.45) is -0.444. The molecular weight excluding hydrogens is 315 g/mol. The van der Waals surface area contributed by atoms with E-state index in [1.54, 1.807) is 31.7 Å². The fourth-order valence-corrected chi connectivity index (χ4v) is 2.58. The van der Waals surface area contributed by atoms with Crippen molar-refractivity contribution in [3.8, 4) is 5.75 Å². The minimum absolute atomic E-state index is 0.148. The van der Waals surface area contributed by atoms with Gasteiger partial charge in [-0.25, -0.2) is 9.18 Å². The van der Waals surface area contributed by atoms with Crippen LogP contribution in [0.5, 0.6) is 5.75 Å². The van der Waals surface area contributed by atoms with Gasteiger partial charge in [-0.05, 0) is 38.5 Å². The predicted molar refractivity (Wildman–Crippen MR) is 87.4 cm³/mol. The molecule has 0 radical (unpaired) electrons. The Kier molecular flexibility index (Phi) is 5.66. The van der Waals surface area contributed by atoms with Gasteiger partial charge in [0.1, 0.15) is 5.60 Å². The second kappa shape index (κ2) is 7.36. The van der Waals surface area contributed by atoms with Crippen molar-refractivity contribution in [2.75, 3.05) is 26.9 Å². The fourth-order valence-electron chi connectivity index (χ4n) is 2.58. The normalized spacial score (nSPS) is 19.8. The van der Waals surface area contributed by atoms with Crippen LogP contribution in [0, 0.1) is 5.82 Å². The van der Waals surface area contributed by atoms with E-state index < -0.39 is 29.6 Å². The molecule has 0 aliphatic carbocycles. The molecule has 6 nitrogen and oxygen atoms in total. The van der Waals surface area contributed by atoms with Gasteiger partial charge in [-0.15, -0.1) is 0 Å². The molecule has 1 saturated heterocycles. The van der Waals surface area contributed by atoms with Crippen LogP contribution in [0.1, 0.15) is 32.4 Å². The van der Waals surface area contributed by atoms with Gasteiger partial charge in [-0.1, -0.05) is 6.07 Å². The van der Waals surface area contributed by atoms with Crippen molar-refractivity contribution in [3.05, 3.63) is 29.6 Å². The molecule has 1 aromatic rings. The first-order valence-corrected chi connectivity index (χ1v) is 7.89. The smallest absolute Gasteiger partial charge is 0.410 e. The van der Waals surface area contributed by atoms with E-state index in [1.807, 2.05) is 0 Å². The van der Waals surface area contributed by atoms with Crippen molar-refractivity contribution in [2.24, 2.45) is 5.73 Å². The summed E-state index contributed by atoms with van der Waals surface area (Å²) >= 11 is 0. The Morgan fingerprint density at radius 2 is 2.17 bits per heavy atom. The first-order chi connectivity index (χ1) is 11.2. The van der Waals surface area contributed by atoms with Crippen molar-refractivity contribution in [2.45, 2.75) is 38.5 Å². The average Bonchev–Trinajstić information content (AvgIpc) is 2.52. The molecule has 1 aliphatic heterocycles.